The molecule has 0 atom stereocenters. The average Bonchev–Trinajstić information content (AvgIpc) is 2.38. The number of rotatable bonds is 2. The third-order valence-corrected chi connectivity index (χ3v) is 8.08. The second-order valence-electron chi connectivity index (χ2n) is 9.21. The largest absolute Gasteiger partial charge is 0.255 e. The third-order valence-electron chi connectivity index (χ3n) is 6.73. The number of hydrogen-bond acceptors (Lipinski definition) is 0. The van der Waals surface area contributed by atoms with E-state index < -0.39 is 0 Å². The highest BCUT2D eigenvalue weighted by Gasteiger charge is 2.42. The van der Waals surface area contributed by atoms with E-state index in [1.54, 1.807) is 0 Å². The molecular weight excluding hydrogens is 355 g/mol. The smallest absolute Gasteiger partial charge is 0.0599 e. The van der Waals surface area contributed by atoms with E-state index in [1.807, 2.05) is 0 Å². The molecule has 0 saturated heterocycles. The normalized spacial score (nSPS) is 36.9. The maximum atomic E-state index is 2.59. The van der Waals surface area contributed by atoms with Gasteiger partial charge in [0, 0.05) is 0 Å². The molecule has 0 aliphatic heterocycles. The lowest BCUT2D eigenvalue weighted by Crippen LogP contribution is -3.39. The Kier molecular flexibility index (Phi) is 5.52. The quantitative estimate of drug-likeness (QED) is 0.502. The van der Waals surface area contributed by atoms with Crippen LogP contribution in [-0.2, 0) is 0 Å². The van der Waals surface area contributed by atoms with Crippen molar-refractivity contribution in [3.05, 3.63) is 0 Å². The first kappa shape index (κ1) is 17.1. The molecule has 1 heteroatoms. The van der Waals surface area contributed by atoms with Gasteiger partial charge in [-0.25, -0.2) is 0 Å². The minimum absolute atomic E-state index is 0.524. The van der Waals surface area contributed by atoms with Crippen LogP contribution in [0.4, 0.5) is 0 Å². The van der Waals surface area contributed by atoms with Crippen LogP contribution in [0.2, 0.25) is 0 Å². The molecule has 0 unspecified atom stereocenters. The Labute approximate surface area is 141 Å². The van der Waals surface area contributed by atoms with Crippen LogP contribution in [0.15, 0.2) is 0 Å². The summed E-state index contributed by atoms with van der Waals surface area (Å²) in [6.07, 6.45) is 11.9. The first-order valence-corrected chi connectivity index (χ1v) is 10.2. The lowest BCUT2D eigenvalue weighted by atomic mass is 9.58. The van der Waals surface area contributed by atoms with E-state index >= 15 is 0 Å². The van der Waals surface area contributed by atoms with E-state index in [2.05, 4.69) is 57.2 Å². The Hall–Kier alpha value is 0.730. The zero-order valence-corrected chi connectivity index (χ0v) is 16.7. The molecule has 0 spiro atoms. The van der Waals surface area contributed by atoms with Crippen molar-refractivity contribution >= 4 is 0 Å². The van der Waals surface area contributed by atoms with Crippen molar-refractivity contribution in [2.75, 3.05) is 0 Å². The minimum Gasteiger partial charge on any atom is -0.0599 e. The summed E-state index contributed by atoms with van der Waals surface area (Å²) in [6, 6.07) is 0. The molecule has 118 valence electrons. The predicted octanol–water partition coefficient (Wildman–Crippen LogP) is 2.71. The van der Waals surface area contributed by atoms with Crippen molar-refractivity contribution in [3.8, 4) is 0 Å². The lowest BCUT2D eigenvalue weighted by molar-refractivity contribution is -0.427. The van der Waals surface area contributed by atoms with Crippen molar-refractivity contribution < 1.29 is 22.6 Å². The maximum Gasteiger partial charge on any atom is 0.255 e. The van der Waals surface area contributed by atoms with Crippen molar-refractivity contribution in [2.24, 2.45) is 28.6 Å². The van der Waals surface area contributed by atoms with Crippen LogP contribution in [0, 0.1) is 28.6 Å². The predicted molar refractivity (Wildman–Crippen MR) is 85.8 cm³/mol. The fourth-order valence-electron chi connectivity index (χ4n) is 4.84. The molecule has 2 rings (SSSR count). The van der Waals surface area contributed by atoms with Crippen LogP contribution in [0.1, 0.15) is 86.0 Å². The standard InChI is InChI=1S/C19H36I/c1-18(2,3)14-6-8-15(9-7-14)19(4,5)16-10-12-17(20)13-11-16/h14-17,20H,6-13H2,1-5H3/q+1. The highest BCUT2D eigenvalue weighted by atomic mass is 127. The second-order valence-corrected chi connectivity index (χ2v) is 11.1. The van der Waals surface area contributed by atoms with Gasteiger partial charge in [0.1, 0.15) is 0 Å². The Morgan fingerprint density at radius 2 is 0.950 bits per heavy atom. The fraction of sp³-hybridized carbons (Fsp3) is 1.00. The second kappa shape index (κ2) is 6.46. The molecule has 0 bridgehead atoms. The molecule has 0 radical (unpaired) electrons. The molecule has 0 aromatic carbocycles. The molecule has 0 N–H and O–H groups in total. The topological polar surface area (TPSA) is 0 Å². The van der Waals surface area contributed by atoms with Gasteiger partial charge in [0.25, 0.3) is 22.6 Å². The summed E-state index contributed by atoms with van der Waals surface area (Å²) in [5.41, 5.74) is 1.11. The lowest BCUT2D eigenvalue weighted by Gasteiger charge is -2.47. The van der Waals surface area contributed by atoms with Gasteiger partial charge >= 0.3 is 0 Å². The zero-order chi connectivity index (χ0) is 15.0. The Morgan fingerprint density at radius 3 is 1.35 bits per heavy atom. The van der Waals surface area contributed by atoms with E-state index in [9.17, 15) is 0 Å². The van der Waals surface area contributed by atoms with E-state index in [0.717, 1.165) is 21.7 Å². The molecule has 0 aromatic rings. The number of hydrogen-bond donors (Lipinski definition) is 0. The van der Waals surface area contributed by atoms with Crippen LogP contribution in [0.5, 0.6) is 0 Å². The average molecular weight is 391 g/mol. The van der Waals surface area contributed by atoms with Gasteiger partial charge in [-0.15, -0.1) is 0 Å². The van der Waals surface area contributed by atoms with Crippen LogP contribution in [0.25, 0.3) is 0 Å². The molecule has 0 nitrogen and oxygen atoms in total. The highest BCUT2D eigenvalue weighted by Crippen LogP contribution is 2.50. The van der Waals surface area contributed by atoms with E-state index in [0.29, 0.717) is 10.8 Å². The van der Waals surface area contributed by atoms with E-state index in [4.69, 9.17) is 0 Å². The molecule has 2 aliphatic carbocycles. The molecular formula is C19H36I+. The summed E-state index contributed by atoms with van der Waals surface area (Å²) in [6.45, 7) is 12.5. The van der Waals surface area contributed by atoms with Crippen LogP contribution in [0.3, 0.4) is 0 Å². The molecule has 0 heterocycles. The summed E-state index contributed by atoms with van der Waals surface area (Å²) >= 11 is 2.37. The zero-order valence-electron chi connectivity index (χ0n) is 14.4. The van der Waals surface area contributed by atoms with Crippen LogP contribution in [-0.4, -0.2) is 3.92 Å². The SMILES string of the molecule is CC(C)(C)C1CCC(C(C)(C)C2CCC([IH+])CC2)CC1. The number of halogens is 1. The molecule has 20 heavy (non-hydrogen) atoms. The summed E-state index contributed by atoms with van der Waals surface area (Å²) in [5.74, 6) is 2.94. The first-order chi connectivity index (χ1) is 9.21. The monoisotopic (exact) mass is 391 g/mol. The van der Waals surface area contributed by atoms with Crippen molar-refractivity contribution in [2.45, 2.75) is 89.9 Å². The highest BCUT2D eigenvalue weighted by molar-refractivity contribution is 4.91. The molecule has 2 fully saturated rings. The van der Waals surface area contributed by atoms with Gasteiger partial charge < -0.3 is 0 Å². The van der Waals surface area contributed by atoms with Gasteiger partial charge in [-0.2, -0.15) is 0 Å². The molecule has 2 aliphatic rings. The molecule has 2 saturated carbocycles. The van der Waals surface area contributed by atoms with Gasteiger partial charge in [0.2, 0.25) is 0 Å². The summed E-state index contributed by atoms with van der Waals surface area (Å²) in [5, 5.41) is 0. The van der Waals surface area contributed by atoms with Crippen LogP contribution < -0.4 is 22.6 Å². The number of alkyl halides is 1. The minimum atomic E-state index is 0.524. The van der Waals surface area contributed by atoms with Gasteiger partial charge in [-0.3, -0.25) is 0 Å². The summed E-state index contributed by atoms with van der Waals surface area (Å²) < 4.78 is 0.995. The van der Waals surface area contributed by atoms with Gasteiger partial charge in [0.05, 0.1) is 0 Å². The van der Waals surface area contributed by atoms with E-state index in [1.165, 1.54) is 51.4 Å². The van der Waals surface area contributed by atoms with Gasteiger partial charge in [-0.1, -0.05) is 34.6 Å². The van der Waals surface area contributed by atoms with Gasteiger partial charge in [-0.05, 0) is 80.0 Å². The maximum absolute atomic E-state index is 2.59. The van der Waals surface area contributed by atoms with E-state index in [-0.39, 0.29) is 0 Å². The Balaban J connectivity index is 1.91. The van der Waals surface area contributed by atoms with Crippen molar-refractivity contribution in [1.82, 2.24) is 0 Å². The van der Waals surface area contributed by atoms with Crippen molar-refractivity contribution in [3.63, 3.8) is 0 Å². The van der Waals surface area contributed by atoms with Gasteiger partial charge in [0.15, 0.2) is 3.92 Å². The fourth-order valence-corrected chi connectivity index (χ4v) is 5.62. The molecule has 0 aromatic heterocycles. The summed E-state index contributed by atoms with van der Waals surface area (Å²) in [4.78, 5) is 0. The summed E-state index contributed by atoms with van der Waals surface area (Å²) in [7, 11) is 0. The third kappa shape index (κ3) is 3.93. The van der Waals surface area contributed by atoms with Crippen molar-refractivity contribution in [1.29, 1.82) is 0 Å². The Morgan fingerprint density at radius 1 is 0.600 bits per heavy atom. The molecule has 0 amide bonds. The Bertz CT molecular complexity index is 296. The van der Waals surface area contributed by atoms with Crippen LogP contribution >= 0.6 is 0 Å². The first-order valence-electron chi connectivity index (χ1n) is 8.87.